The molecule has 1 amide bonds. The quantitative estimate of drug-likeness (QED) is 0.774. The lowest BCUT2D eigenvalue weighted by Gasteiger charge is -2.26. The summed E-state index contributed by atoms with van der Waals surface area (Å²) in [4.78, 5) is 12.0. The third-order valence-corrected chi connectivity index (χ3v) is 3.93. The highest BCUT2D eigenvalue weighted by molar-refractivity contribution is 5.76. The Bertz CT molecular complexity index is 644. The third-order valence-electron chi connectivity index (χ3n) is 3.93. The number of aliphatic hydroxyl groups excluding tert-OH is 1. The highest BCUT2D eigenvalue weighted by Crippen LogP contribution is 2.23. The molecule has 1 aromatic carbocycles. The van der Waals surface area contributed by atoms with Crippen LogP contribution >= 0.6 is 0 Å². The first kappa shape index (κ1) is 18.3. The summed E-state index contributed by atoms with van der Waals surface area (Å²) in [5.41, 5.74) is 0.919. The van der Waals surface area contributed by atoms with Crippen molar-refractivity contribution in [2.24, 2.45) is 5.41 Å². The van der Waals surface area contributed by atoms with Gasteiger partial charge in [-0.05, 0) is 30.9 Å². The van der Waals surface area contributed by atoms with Gasteiger partial charge in [0.1, 0.15) is 11.5 Å². The van der Waals surface area contributed by atoms with Gasteiger partial charge in [-0.2, -0.15) is 0 Å². The molecule has 1 unspecified atom stereocenters. The van der Waals surface area contributed by atoms with Gasteiger partial charge in [0.2, 0.25) is 5.91 Å². The number of aryl methyl sites for hydroxylation is 1. The van der Waals surface area contributed by atoms with Gasteiger partial charge in [0, 0.05) is 24.9 Å². The first-order valence-electron chi connectivity index (χ1n) is 8.45. The summed E-state index contributed by atoms with van der Waals surface area (Å²) in [6, 6.07) is 13.8. The van der Waals surface area contributed by atoms with E-state index in [0.717, 1.165) is 17.1 Å². The molecular formula is C20H27NO3. The molecule has 0 saturated carbocycles. The van der Waals surface area contributed by atoms with Crippen LogP contribution in [0.3, 0.4) is 0 Å². The number of rotatable bonds is 8. The van der Waals surface area contributed by atoms with E-state index in [1.165, 1.54) is 0 Å². The fourth-order valence-electron chi connectivity index (χ4n) is 2.80. The third kappa shape index (κ3) is 5.85. The van der Waals surface area contributed by atoms with Crippen LogP contribution in [0.4, 0.5) is 0 Å². The molecule has 0 aliphatic heterocycles. The Morgan fingerprint density at radius 2 is 1.92 bits per heavy atom. The van der Waals surface area contributed by atoms with E-state index in [4.69, 9.17) is 4.42 Å². The smallest absolute Gasteiger partial charge is 0.220 e. The van der Waals surface area contributed by atoms with Crippen molar-refractivity contribution in [1.29, 1.82) is 0 Å². The Morgan fingerprint density at radius 3 is 2.58 bits per heavy atom. The Kier molecular flexibility index (Phi) is 6.21. The van der Waals surface area contributed by atoms with Crippen LogP contribution in [-0.2, 0) is 11.2 Å². The van der Waals surface area contributed by atoms with Crippen LogP contribution in [0.5, 0.6) is 0 Å². The molecule has 0 aliphatic rings. The van der Waals surface area contributed by atoms with Crippen molar-refractivity contribution in [3.8, 4) is 11.3 Å². The second-order valence-electron chi connectivity index (χ2n) is 7.13. The SMILES string of the molecule is CC(O)CC(C)(C)CNC(=O)CCc1ccc(-c2ccccc2)o1. The van der Waals surface area contributed by atoms with Crippen molar-refractivity contribution in [3.05, 3.63) is 48.2 Å². The summed E-state index contributed by atoms with van der Waals surface area (Å²) in [6.07, 6.45) is 1.27. The predicted octanol–water partition coefficient (Wildman–Crippen LogP) is 3.79. The largest absolute Gasteiger partial charge is 0.461 e. The maximum absolute atomic E-state index is 12.0. The molecule has 4 nitrogen and oxygen atoms in total. The topological polar surface area (TPSA) is 62.5 Å². The molecule has 0 bridgehead atoms. The second kappa shape index (κ2) is 8.15. The summed E-state index contributed by atoms with van der Waals surface area (Å²) in [6.45, 7) is 6.41. The van der Waals surface area contributed by atoms with Gasteiger partial charge in [0.15, 0.2) is 0 Å². The number of furan rings is 1. The van der Waals surface area contributed by atoms with Crippen molar-refractivity contribution in [1.82, 2.24) is 5.32 Å². The molecule has 2 aromatic rings. The number of carbonyl (C=O) groups is 1. The van der Waals surface area contributed by atoms with Crippen molar-refractivity contribution in [2.75, 3.05) is 6.54 Å². The van der Waals surface area contributed by atoms with Crippen LogP contribution in [-0.4, -0.2) is 23.7 Å². The van der Waals surface area contributed by atoms with Gasteiger partial charge in [-0.1, -0.05) is 44.2 Å². The number of amides is 1. The van der Waals surface area contributed by atoms with E-state index in [-0.39, 0.29) is 17.4 Å². The molecule has 0 radical (unpaired) electrons. The van der Waals surface area contributed by atoms with Crippen LogP contribution in [0.2, 0.25) is 0 Å². The Labute approximate surface area is 143 Å². The lowest BCUT2D eigenvalue weighted by Crippen LogP contribution is -2.35. The molecule has 4 heteroatoms. The van der Waals surface area contributed by atoms with E-state index in [1.807, 2.05) is 56.3 Å². The molecule has 1 aromatic heterocycles. The Hall–Kier alpha value is -2.07. The average Bonchev–Trinajstić information content (AvgIpc) is 3.00. The van der Waals surface area contributed by atoms with E-state index >= 15 is 0 Å². The molecule has 2 rings (SSSR count). The number of hydrogen-bond donors (Lipinski definition) is 2. The Balaban J connectivity index is 1.79. The first-order chi connectivity index (χ1) is 11.4. The lowest BCUT2D eigenvalue weighted by molar-refractivity contribution is -0.121. The number of aliphatic hydroxyl groups is 1. The van der Waals surface area contributed by atoms with Crippen LogP contribution < -0.4 is 5.32 Å². The van der Waals surface area contributed by atoms with Gasteiger partial charge < -0.3 is 14.8 Å². The molecule has 0 spiro atoms. The van der Waals surface area contributed by atoms with E-state index in [0.29, 0.717) is 25.8 Å². The fourth-order valence-corrected chi connectivity index (χ4v) is 2.80. The number of benzene rings is 1. The number of carbonyl (C=O) groups excluding carboxylic acids is 1. The van der Waals surface area contributed by atoms with E-state index in [1.54, 1.807) is 6.92 Å². The molecule has 1 heterocycles. The van der Waals surface area contributed by atoms with Crippen molar-refractivity contribution >= 4 is 5.91 Å². The highest BCUT2D eigenvalue weighted by Gasteiger charge is 2.21. The summed E-state index contributed by atoms with van der Waals surface area (Å²) in [5, 5.41) is 12.4. The van der Waals surface area contributed by atoms with Crippen LogP contribution in [0, 0.1) is 5.41 Å². The average molecular weight is 329 g/mol. The van der Waals surface area contributed by atoms with E-state index in [2.05, 4.69) is 5.32 Å². The van der Waals surface area contributed by atoms with Crippen molar-refractivity contribution in [2.45, 2.75) is 46.1 Å². The molecule has 130 valence electrons. The summed E-state index contributed by atoms with van der Waals surface area (Å²) in [5.74, 6) is 1.64. The van der Waals surface area contributed by atoms with Crippen molar-refractivity contribution < 1.29 is 14.3 Å². The van der Waals surface area contributed by atoms with Gasteiger partial charge in [-0.3, -0.25) is 4.79 Å². The lowest BCUT2D eigenvalue weighted by atomic mass is 9.87. The summed E-state index contributed by atoms with van der Waals surface area (Å²) in [7, 11) is 0. The normalized spacial score (nSPS) is 12.8. The van der Waals surface area contributed by atoms with Crippen LogP contribution in [0.1, 0.15) is 39.4 Å². The zero-order chi connectivity index (χ0) is 17.6. The zero-order valence-corrected chi connectivity index (χ0v) is 14.7. The molecule has 1 atom stereocenters. The number of hydrogen-bond acceptors (Lipinski definition) is 3. The van der Waals surface area contributed by atoms with E-state index in [9.17, 15) is 9.90 Å². The molecule has 0 aliphatic carbocycles. The standard InChI is InChI=1S/C20H27NO3/c1-15(22)13-20(2,3)14-21-19(23)12-10-17-9-11-18(24-17)16-7-5-4-6-8-16/h4-9,11,15,22H,10,12-14H2,1-3H3,(H,21,23). The molecule has 0 fully saturated rings. The predicted molar refractivity (Wildman–Crippen MR) is 95.6 cm³/mol. The van der Waals surface area contributed by atoms with Gasteiger partial charge in [0.25, 0.3) is 0 Å². The molecular weight excluding hydrogens is 302 g/mol. The van der Waals surface area contributed by atoms with Gasteiger partial charge in [-0.15, -0.1) is 0 Å². The van der Waals surface area contributed by atoms with Gasteiger partial charge >= 0.3 is 0 Å². The van der Waals surface area contributed by atoms with Crippen LogP contribution in [0.15, 0.2) is 46.9 Å². The monoisotopic (exact) mass is 329 g/mol. The fraction of sp³-hybridized carbons (Fsp3) is 0.450. The maximum Gasteiger partial charge on any atom is 0.220 e. The molecule has 24 heavy (non-hydrogen) atoms. The molecule has 0 saturated heterocycles. The number of nitrogens with one attached hydrogen (secondary N) is 1. The minimum absolute atomic E-state index is 0.00586. The minimum Gasteiger partial charge on any atom is -0.461 e. The van der Waals surface area contributed by atoms with Gasteiger partial charge in [-0.25, -0.2) is 0 Å². The molecule has 2 N–H and O–H groups in total. The highest BCUT2D eigenvalue weighted by atomic mass is 16.3. The second-order valence-corrected chi connectivity index (χ2v) is 7.13. The van der Waals surface area contributed by atoms with E-state index < -0.39 is 0 Å². The minimum atomic E-state index is -0.364. The van der Waals surface area contributed by atoms with Gasteiger partial charge in [0.05, 0.1) is 6.10 Å². The first-order valence-corrected chi connectivity index (χ1v) is 8.45. The maximum atomic E-state index is 12.0. The van der Waals surface area contributed by atoms with Crippen LogP contribution in [0.25, 0.3) is 11.3 Å². The zero-order valence-electron chi connectivity index (χ0n) is 14.7. The van der Waals surface area contributed by atoms with Crippen molar-refractivity contribution in [3.63, 3.8) is 0 Å². The summed E-state index contributed by atoms with van der Waals surface area (Å²) >= 11 is 0. The Morgan fingerprint density at radius 1 is 1.21 bits per heavy atom. The summed E-state index contributed by atoms with van der Waals surface area (Å²) < 4.78 is 5.81.